The molecule has 0 unspecified atom stereocenters. The molecule has 1 amide bonds. The second-order valence-corrected chi connectivity index (χ2v) is 5.49. The minimum Gasteiger partial charge on any atom is -0.375 e. The number of hydrogen-bond acceptors (Lipinski definition) is 4. The van der Waals surface area contributed by atoms with Crippen molar-refractivity contribution in [3.63, 3.8) is 0 Å². The summed E-state index contributed by atoms with van der Waals surface area (Å²) in [6, 6.07) is 9.70. The Balaban J connectivity index is 1.65. The smallest absolute Gasteiger partial charge is 0.230 e. The van der Waals surface area contributed by atoms with Gasteiger partial charge in [-0.1, -0.05) is 41.7 Å². The number of anilines is 1. The number of thiazole rings is 1. The van der Waals surface area contributed by atoms with Crippen LogP contribution in [0.4, 0.5) is 5.13 Å². The van der Waals surface area contributed by atoms with Gasteiger partial charge in [-0.25, -0.2) is 4.98 Å². The van der Waals surface area contributed by atoms with Crippen LogP contribution in [0.1, 0.15) is 16.1 Å². The van der Waals surface area contributed by atoms with E-state index in [1.165, 1.54) is 11.3 Å². The number of carbonyl (C=O) groups excluding carboxylic acids is 1. The van der Waals surface area contributed by atoms with Crippen LogP contribution in [0.3, 0.4) is 0 Å². The fourth-order valence-corrected chi connectivity index (χ4v) is 2.99. The van der Waals surface area contributed by atoms with Crippen molar-refractivity contribution in [1.29, 1.82) is 0 Å². The van der Waals surface area contributed by atoms with Crippen molar-refractivity contribution in [3.8, 4) is 0 Å². The van der Waals surface area contributed by atoms with E-state index in [2.05, 4.69) is 10.3 Å². The third kappa shape index (κ3) is 3.00. The van der Waals surface area contributed by atoms with Crippen LogP contribution in [0.2, 0.25) is 0 Å². The number of ether oxygens (including phenoxy) is 1. The lowest BCUT2D eigenvalue weighted by molar-refractivity contribution is -0.115. The van der Waals surface area contributed by atoms with Crippen LogP contribution in [0.15, 0.2) is 30.3 Å². The molecule has 2 heterocycles. The zero-order valence-electron chi connectivity index (χ0n) is 10.4. The summed E-state index contributed by atoms with van der Waals surface area (Å²) in [5.74, 6) is -0.0294. The van der Waals surface area contributed by atoms with Gasteiger partial charge in [-0.15, -0.1) is 0 Å². The molecule has 0 atom stereocenters. The largest absolute Gasteiger partial charge is 0.375 e. The van der Waals surface area contributed by atoms with Crippen LogP contribution in [-0.2, 0) is 29.0 Å². The number of nitrogens with zero attached hydrogens (tertiary/aromatic N) is 1. The molecule has 2 aromatic rings. The predicted molar refractivity (Wildman–Crippen MR) is 74.2 cm³/mol. The number of amides is 1. The summed E-state index contributed by atoms with van der Waals surface area (Å²) in [4.78, 5) is 17.5. The maximum atomic E-state index is 11.9. The number of hydrogen-bond donors (Lipinski definition) is 1. The average molecular weight is 274 g/mol. The molecule has 0 saturated heterocycles. The van der Waals surface area contributed by atoms with Gasteiger partial charge in [-0.3, -0.25) is 4.79 Å². The molecule has 1 aromatic heterocycles. The molecular formula is C14H14N2O2S. The third-order valence-corrected chi connectivity index (χ3v) is 3.94. The summed E-state index contributed by atoms with van der Waals surface area (Å²) in [5, 5.41) is 3.54. The lowest BCUT2D eigenvalue weighted by Gasteiger charge is -2.08. The van der Waals surface area contributed by atoms with E-state index < -0.39 is 0 Å². The Bertz CT molecular complexity index is 557. The van der Waals surface area contributed by atoms with Crippen molar-refractivity contribution in [2.45, 2.75) is 19.4 Å². The molecule has 1 N–H and O–H groups in total. The minimum absolute atomic E-state index is 0.0294. The van der Waals surface area contributed by atoms with Crippen molar-refractivity contribution >= 4 is 22.4 Å². The van der Waals surface area contributed by atoms with Gasteiger partial charge in [0, 0.05) is 6.42 Å². The quantitative estimate of drug-likeness (QED) is 0.935. The molecule has 0 spiro atoms. The summed E-state index contributed by atoms with van der Waals surface area (Å²) in [5.41, 5.74) is 2.07. The number of rotatable bonds is 3. The van der Waals surface area contributed by atoms with Gasteiger partial charge in [0.15, 0.2) is 5.13 Å². The Morgan fingerprint density at radius 2 is 2.21 bits per heavy atom. The van der Waals surface area contributed by atoms with E-state index in [-0.39, 0.29) is 5.91 Å². The molecule has 19 heavy (non-hydrogen) atoms. The normalized spacial score (nSPS) is 13.9. The highest BCUT2D eigenvalue weighted by Gasteiger charge is 2.16. The van der Waals surface area contributed by atoms with Crippen LogP contribution >= 0.6 is 11.3 Å². The minimum atomic E-state index is -0.0294. The van der Waals surface area contributed by atoms with Gasteiger partial charge in [-0.05, 0) is 5.56 Å². The maximum absolute atomic E-state index is 11.9. The number of carbonyl (C=O) groups is 1. The second-order valence-electron chi connectivity index (χ2n) is 4.40. The third-order valence-electron chi connectivity index (χ3n) is 2.95. The zero-order valence-corrected chi connectivity index (χ0v) is 11.2. The van der Waals surface area contributed by atoms with Crippen molar-refractivity contribution in [1.82, 2.24) is 4.98 Å². The summed E-state index contributed by atoms with van der Waals surface area (Å²) in [6.45, 7) is 1.33. The Morgan fingerprint density at radius 1 is 1.37 bits per heavy atom. The van der Waals surface area contributed by atoms with E-state index >= 15 is 0 Å². The first-order valence-corrected chi connectivity index (χ1v) is 7.03. The van der Waals surface area contributed by atoms with E-state index in [1.54, 1.807) is 0 Å². The van der Waals surface area contributed by atoms with Crippen LogP contribution in [-0.4, -0.2) is 17.5 Å². The van der Waals surface area contributed by atoms with E-state index in [4.69, 9.17) is 4.74 Å². The lowest BCUT2D eigenvalue weighted by Crippen LogP contribution is -2.14. The number of benzene rings is 1. The van der Waals surface area contributed by atoms with E-state index in [9.17, 15) is 4.79 Å². The van der Waals surface area contributed by atoms with Crippen molar-refractivity contribution in [2.75, 3.05) is 11.9 Å². The predicted octanol–water partition coefficient (Wildman–Crippen LogP) is 2.40. The topological polar surface area (TPSA) is 51.2 Å². The van der Waals surface area contributed by atoms with Crippen LogP contribution in [0.25, 0.3) is 0 Å². The average Bonchev–Trinajstić information content (AvgIpc) is 2.81. The first-order chi connectivity index (χ1) is 9.31. The highest BCUT2D eigenvalue weighted by Crippen LogP contribution is 2.27. The molecule has 0 fully saturated rings. The number of fused-ring (bicyclic) bond motifs is 1. The molecular weight excluding hydrogens is 260 g/mol. The van der Waals surface area contributed by atoms with Gasteiger partial charge < -0.3 is 10.1 Å². The summed E-state index contributed by atoms with van der Waals surface area (Å²) >= 11 is 1.51. The lowest BCUT2D eigenvalue weighted by atomic mass is 10.1. The highest BCUT2D eigenvalue weighted by atomic mass is 32.1. The van der Waals surface area contributed by atoms with Crippen molar-refractivity contribution in [2.24, 2.45) is 0 Å². The first-order valence-electron chi connectivity index (χ1n) is 6.21. The Kier molecular flexibility index (Phi) is 3.57. The molecule has 0 radical (unpaired) electrons. The highest BCUT2D eigenvalue weighted by molar-refractivity contribution is 7.15. The monoisotopic (exact) mass is 274 g/mol. The van der Waals surface area contributed by atoms with E-state index in [0.29, 0.717) is 24.8 Å². The standard InChI is InChI=1S/C14H14N2O2S/c17-13(8-10-4-2-1-3-5-10)16-14-15-11-6-7-18-9-12(11)19-14/h1-5H,6-9H2,(H,15,16,17). The molecule has 3 rings (SSSR count). The second kappa shape index (κ2) is 5.50. The number of aromatic nitrogens is 1. The Labute approximate surface area is 115 Å². The van der Waals surface area contributed by atoms with Gasteiger partial charge in [0.25, 0.3) is 0 Å². The van der Waals surface area contributed by atoms with Crippen LogP contribution < -0.4 is 5.32 Å². The molecule has 1 aliphatic rings. The van der Waals surface area contributed by atoms with E-state index in [1.807, 2.05) is 30.3 Å². The Morgan fingerprint density at radius 3 is 3.00 bits per heavy atom. The fraction of sp³-hybridized carbons (Fsp3) is 0.286. The van der Waals surface area contributed by atoms with Gasteiger partial charge in [0.2, 0.25) is 5.91 Å². The van der Waals surface area contributed by atoms with Gasteiger partial charge in [0.1, 0.15) is 0 Å². The van der Waals surface area contributed by atoms with E-state index in [0.717, 1.165) is 22.6 Å². The molecule has 0 saturated carbocycles. The fourth-order valence-electron chi connectivity index (χ4n) is 2.02. The summed E-state index contributed by atoms with van der Waals surface area (Å²) in [6.07, 6.45) is 1.21. The summed E-state index contributed by atoms with van der Waals surface area (Å²) < 4.78 is 5.37. The zero-order chi connectivity index (χ0) is 13.1. The first kappa shape index (κ1) is 12.3. The molecule has 1 aromatic carbocycles. The van der Waals surface area contributed by atoms with Gasteiger partial charge in [0.05, 0.1) is 30.2 Å². The molecule has 4 nitrogen and oxygen atoms in total. The molecule has 98 valence electrons. The van der Waals surface area contributed by atoms with Crippen molar-refractivity contribution in [3.05, 3.63) is 46.5 Å². The van der Waals surface area contributed by atoms with Crippen molar-refractivity contribution < 1.29 is 9.53 Å². The summed E-state index contributed by atoms with van der Waals surface area (Å²) in [7, 11) is 0. The van der Waals surface area contributed by atoms with Crippen LogP contribution in [0.5, 0.6) is 0 Å². The number of nitrogens with one attached hydrogen (secondary N) is 1. The molecule has 1 aliphatic heterocycles. The Hall–Kier alpha value is -1.72. The SMILES string of the molecule is O=C(Cc1ccccc1)Nc1nc2c(s1)COCC2. The molecule has 5 heteroatoms. The van der Waals surface area contributed by atoms with Gasteiger partial charge in [-0.2, -0.15) is 0 Å². The van der Waals surface area contributed by atoms with Gasteiger partial charge >= 0.3 is 0 Å². The molecule has 0 aliphatic carbocycles. The van der Waals surface area contributed by atoms with Crippen LogP contribution in [0, 0.1) is 0 Å². The maximum Gasteiger partial charge on any atom is 0.230 e. The molecule has 0 bridgehead atoms.